The fourth-order valence-electron chi connectivity index (χ4n) is 2.96. The molecule has 20 heavy (non-hydrogen) atoms. The third-order valence-electron chi connectivity index (χ3n) is 3.91. The fraction of sp³-hybridized carbons (Fsp3) is 0.857. The van der Waals surface area contributed by atoms with Crippen molar-refractivity contribution >= 4 is 12.1 Å². The summed E-state index contributed by atoms with van der Waals surface area (Å²) in [4.78, 5) is 25.3. The standard InChI is InChI=1S/C14H23NO5/c1-13(2,3)20-12(18)15-7-5-10-14(9-15,11(16)17)6-4-8-19-10/h10H,4-9H2,1-3H3,(H,16,17)/t10?,14-/m1/s1. The quantitative estimate of drug-likeness (QED) is 0.796. The lowest BCUT2D eigenvalue weighted by molar-refractivity contribution is -0.177. The van der Waals surface area contributed by atoms with Crippen LogP contribution in [-0.4, -0.2) is 53.5 Å². The van der Waals surface area contributed by atoms with Gasteiger partial charge in [0.05, 0.1) is 6.10 Å². The van der Waals surface area contributed by atoms with E-state index in [1.165, 1.54) is 4.90 Å². The Balaban J connectivity index is 2.12. The second kappa shape index (κ2) is 5.24. The van der Waals surface area contributed by atoms with E-state index in [0.29, 0.717) is 32.4 Å². The molecule has 2 saturated heterocycles. The first-order chi connectivity index (χ1) is 9.24. The van der Waals surface area contributed by atoms with E-state index in [-0.39, 0.29) is 12.6 Å². The molecule has 2 atom stereocenters. The Morgan fingerprint density at radius 1 is 1.40 bits per heavy atom. The molecule has 2 aliphatic rings. The average molecular weight is 285 g/mol. The Kier molecular flexibility index (Phi) is 3.95. The summed E-state index contributed by atoms with van der Waals surface area (Å²) in [5.74, 6) is -0.879. The number of hydrogen-bond acceptors (Lipinski definition) is 4. The number of carbonyl (C=O) groups excluding carboxylic acids is 1. The number of rotatable bonds is 1. The molecule has 2 aliphatic heterocycles. The number of carboxylic acid groups (broad SMARTS) is 1. The first-order valence-electron chi connectivity index (χ1n) is 7.07. The Hall–Kier alpha value is -1.30. The molecule has 0 aliphatic carbocycles. The molecule has 0 radical (unpaired) electrons. The van der Waals surface area contributed by atoms with Crippen molar-refractivity contribution in [3.63, 3.8) is 0 Å². The monoisotopic (exact) mass is 285 g/mol. The summed E-state index contributed by atoms with van der Waals surface area (Å²) in [6.07, 6.45) is 1.07. The van der Waals surface area contributed by atoms with E-state index in [4.69, 9.17) is 9.47 Å². The van der Waals surface area contributed by atoms with E-state index < -0.39 is 23.1 Å². The molecule has 0 saturated carbocycles. The highest BCUT2D eigenvalue weighted by Gasteiger charge is 2.53. The van der Waals surface area contributed by atoms with Crippen LogP contribution in [0, 0.1) is 5.41 Å². The van der Waals surface area contributed by atoms with Crippen LogP contribution in [0.1, 0.15) is 40.0 Å². The minimum absolute atomic E-state index is 0.169. The zero-order valence-corrected chi connectivity index (χ0v) is 12.3. The summed E-state index contributed by atoms with van der Waals surface area (Å²) < 4.78 is 11.0. The van der Waals surface area contributed by atoms with Crippen LogP contribution in [0.25, 0.3) is 0 Å². The van der Waals surface area contributed by atoms with Crippen LogP contribution in [0.3, 0.4) is 0 Å². The van der Waals surface area contributed by atoms with Crippen molar-refractivity contribution in [2.75, 3.05) is 19.7 Å². The second-order valence-electron chi connectivity index (χ2n) is 6.61. The maximum absolute atomic E-state index is 12.1. The SMILES string of the molecule is CC(C)(C)OC(=O)N1CCC2OCCC[C@@]2(C(=O)O)C1. The lowest BCUT2D eigenvalue weighted by Gasteiger charge is -2.47. The van der Waals surface area contributed by atoms with E-state index in [1.807, 2.05) is 0 Å². The minimum Gasteiger partial charge on any atom is -0.481 e. The van der Waals surface area contributed by atoms with Gasteiger partial charge in [0.2, 0.25) is 0 Å². The molecule has 0 aromatic carbocycles. The van der Waals surface area contributed by atoms with Gasteiger partial charge in [-0.3, -0.25) is 4.79 Å². The van der Waals surface area contributed by atoms with Gasteiger partial charge in [0.15, 0.2) is 0 Å². The van der Waals surface area contributed by atoms with Gasteiger partial charge in [-0.05, 0) is 40.0 Å². The van der Waals surface area contributed by atoms with Gasteiger partial charge in [-0.1, -0.05) is 0 Å². The van der Waals surface area contributed by atoms with E-state index in [2.05, 4.69) is 0 Å². The molecular weight excluding hydrogens is 262 g/mol. The van der Waals surface area contributed by atoms with Gasteiger partial charge in [-0.15, -0.1) is 0 Å². The highest BCUT2D eigenvalue weighted by atomic mass is 16.6. The molecule has 0 spiro atoms. The number of fused-ring (bicyclic) bond motifs is 1. The van der Waals surface area contributed by atoms with Gasteiger partial charge < -0.3 is 19.5 Å². The number of carbonyl (C=O) groups is 2. The van der Waals surface area contributed by atoms with Gasteiger partial charge in [0.1, 0.15) is 11.0 Å². The first-order valence-corrected chi connectivity index (χ1v) is 7.07. The van der Waals surface area contributed by atoms with Gasteiger partial charge in [0, 0.05) is 19.7 Å². The smallest absolute Gasteiger partial charge is 0.410 e. The number of aliphatic carboxylic acids is 1. The third kappa shape index (κ3) is 2.90. The van der Waals surface area contributed by atoms with Gasteiger partial charge >= 0.3 is 12.1 Å². The van der Waals surface area contributed by atoms with Crippen LogP contribution in [-0.2, 0) is 14.3 Å². The average Bonchev–Trinajstić information content (AvgIpc) is 2.35. The number of likely N-dealkylation sites (tertiary alicyclic amines) is 1. The Labute approximate surface area is 119 Å². The molecular formula is C14H23NO5. The van der Waals surface area contributed by atoms with E-state index in [0.717, 1.165) is 0 Å². The van der Waals surface area contributed by atoms with E-state index >= 15 is 0 Å². The van der Waals surface area contributed by atoms with Crippen LogP contribution < -0.4 is 0 Å². The maximum Gasteiger partial charge on any atom is 0.410 e. The number of carboxylic acids is 1. The Morgan fingerprint density at radius 2 is 2.10 bits per heavy atom. The number of nitrogens with zero attached hydrogens (tertiary/aromatic N) is 1. The highest BCUT2D eigenvalue weighted by molar-refractivity contribution is 5.78. The third-order valence-corrected chi connectivity index (χ3v) is 3.91. The molecule has 114 valence electrons. The second-order valence-corrected chi connectivity index (χ2v) is 6.61. The molecule has 0 aromatic rings. The fourth-order valence-corrected chi connectivity index (χ4v) is 2.96. The van der Waals surface area contributed by atoms with Crippen LogP contribution in [0.15, 0.2) is 0 Å². The van der Waals surface area contributed by atoms with Crippen LogP contribution >= 0.6 is 0 Å². The zero-order valence-electron chi connectivity index (χ0n) is 12.3. The highest BCUT2D eigenvalue weighted by Crippen LogP contribution is 2.40. The van der Waals surface area contributed by atoms with E-state index in [1.54, 1.807) is 20.8 Å². The van der Waals surface area contributed by atoms with Gasteiger partial charge in [0.25, 0.3) is 0 Å². The van der Waals surface area contributed by atoms with Gasteiger partial charge in [-0.2, -0.15) is 0 Å². The summed E-state index contributed by atoms with van der Waals surface area (Å²) >= 11 is 0. The maximum atomic E-state index is 12.1. The van der Waals surface area contributed by atoms with Crippen LogP contribution in [0.5, 0.6) is 0 Å². The summed E-state index contributed by atoms with van der Waals surface area (Å²) in [5.41, 5.74) is -1.55. The summed E-state index contributed by atoms with van der Waals surface area (Å²) in [6, 6.07) is 0. The summed E-state index contributed by atoms with van der Waals surface area (Å²) in [7, 11) is 0. The Morgan fingerprint density at radius 3 is 2.70 bits per heavy atom. The van der Waals surface area contributed by atoms with Crippen molar-refractivity contribution in [1.82, 2.24) is 4.90 Å². The molecule has 1 amide bonds. The van der Waals surface area contributed by atoms with Crippen LogP contribution in [0.2, 0.25) is 0 Å². The predicted octanol–water partition coefficient (Wildman–Crippen LogP) is 1.88. The van der Waals surface area contributed by atoms with Crippen LogP contribution in [0.4, 0.5) is 4.79 Å². The van der Waals surface area contributed by atoms with Crippen molar-refractivity contribution in [3.05, 3.63) is 0 Å². The number of ether oxygens (including phenoxy) is 2. The number of piperidine rings is 1. The van der Waals surface area contributed by atoms with Gasteiger partial charge in [-0.25, -0.2) is 4.79 Å². The van der Waals surface area contributed by atoms with Crippen molar-refractivity contribution < 1.29 is 24.2 Å². The minimum atomic E-state index is -0.979. The first kappa shape index (κ1) is 15.1. The normalized spacial score (nSPS) is 30.6. The molecule has 1 N–H and O–H groups in total. The van der Waals surface area contributed by atoms with Crippen molar-refractivity contribution in [1.29, 1.82) is 0 Å². The molecule has 0 aromatic heterocycles. The molecule has 2 fully saturated rings. The van der Waals surface area contributed by atoms with E-state index in [9.17, 15) is 14.7 Å². The van der Waals surface area contributed by atoms with Crippen molar-refractivity contribution in [2.45, 2.75) is 51.7 Å². The van der Waals surface area contributed by atoms with Crippen molar-refractivity contribution in [3.8, 4) is 0 Å². The lowest BCUT2D eigenvalue weighted by Crippen LogP contribution is -2.60. The summed E-state index contributed by atoms with van der Waals surface area (Å²) in [6.45, 7) is 6.65. The number of amides is 1. The lowest BCUT2D eigenvalue weighted by atomic mass is 9.72. The number of hydrogen-bond donors (Lipinski definition) is 1. The largest absolute Gasteiger partial charge is 0.481 e. The zero-order chi connectivity index (χ0) is 15.0. The molecule has 6 nitrogen and oxygen atoms in total. The molecule has 1 unspecified atom stereocenters. The molecule has 6 heteroatoms. The molecule has 2 heterocycles. The predicted molar refractivity (Wildman–Crippen MR) is 71.5 cm³/mol. The summed E-state index contributed by atoms with van der Waals surface area (Å²) in [5, 5.41) is 9.60. The van der Waals surface area contributed by atoms with Crippen molar-refractivity contribution in [2.24, 2.45) is 5.41 Å². The topological polar surface area (TPSA) is 76.1 Å². The molecule has 0 bridgehead atoms. The Bertz CT molecular complexity index is 403. The molecule has 2 rings (SSSR count).